The molecule has 1 atom stereocenters. The molecule has 0 aliphatic heterocycles. The molecule has 0 aliphatic rings. The molecule has 0 radical (unpaired) electrons. The maximum absolute atomic E-state index is 7.19. The molecule has 0 aliphatic carbocycles. The maximum Gasteiger partial charge on any atom is 0.0478 e. The first-order chi connectivity index (χ1) is 9.56. The molecular formula is C15H18N2. The van der Waals surface area contributed by atoms with Crippen molar-refractivity contribution in [2.75, 3.05) is 13.5 Å². The second-order valence-corrected chi connectivity index (χ2v) is 3.93. The first kappa shape index (κ1) is 8.43. The van der Waals surface area contributed by atoms with Crippen molar-refractivity contribution in [2.45, 2.75) is 12.3 Å². The first-order valence-electron chi connectivity index (χ1n) is 7.27. The standard InChI is InChI=1S/C15H18N2/c1-16-12-10-14(13-7-3-2-4-8-13)15-9-5-6-11-17-15/h2-9,11,14,16H,10,12H2,1H3/i1D3. The Morgan fingerprint density at radius 3 is 2.71 bits per heavy atom. The minimum atomic E-state index is -2.09. The first-order valence-corrected chi connectivity index (χ1v) is 5.77. The van der Waals surface area contributed by atoms with Crippen molar-refractivity contribution in [2.24, 2.45) is 0 Å². The van der Waals surface area contributed by atoms with E-state index in [1.807, 2.05) is 36.4 Å². The van der Waals surface area contributed by atoms with Crippen LogP contribution in [0.1, 0.15) is 27.7 Å². The summed E-state index contributed by atoms with van der Waals surface area (Å²) in [5, 5.41) is 2.56. The third-order valence-electron chi connectivity index (χ3n) is 2.80. The van der Waals surface area contributed by atoms with Crippen LogP contribution in [0.25, 0.3) is 0 Å². The van der Waals surface area contributed by atoms with Gasteiger partial charge in [0.1, 0.15) is 0 Å². The Hall–Kier alpha value is -1.67. The molecule has 1 unspecified atom stereocenters. The molecular weight excluding hydrogens is 208 g/mol. The monoisotopic (exact) mass is 229 g/mol. The quantitative estimate of drug-likeness (QED) is 0.852. The minimum Gasteiger partial charge on any atom is -0.320 e. The van der Waals surface area contributed by atoms with E-state index in [0.717, 1.165) is 11.3 Å². The van der Waals surface area contributed by atoms with Gasteiger partial charge in [-0.25, -0.2) is 0 Å². The molecule has 2 heteroatoms. The zero-order valence-corrected chi connectivity index (χ0v) is 9.63. The van der Waals surface area contributed by atoms with E-state index in [1.165, 1.54) is 0 Å². The lowest BCUT2D eigenvalue weighted by molar-refractivity contribution is 0.649. The van der Waals surface area contributed by atoms with Gasteiger partial charge in [0.05, 0.1) is 0 Å². The molecule has 0 fully saturated rings. The lowest BCUT2D eigenvalue weighted by Gasteiger charge is -2.16. The van der Waals surface area contributed by atoms with E-state index < -0.39 is 6.98 Å². The van der Waals surface area contributed by atoms with Crippen molar-refractivity contribution in [3.05, 3.63) is 66.0 Å². The minimum absolute atomic E-state index is 0.104. The number of hydrogen-bond donors (Lipinski definition) is 1. The highest BCUT2D eigenvalue weighted by Gasteiger charge is 2.13. The number of pyridine rings is 1. The lowest BCUT2D eigenvalue weighted by atomic mass is 9.92. The molecule has 1 aromatic heterocycles. The van der Waals surface area contributed by atoms with Crippen LogP contribution >= 0.6 is 0 Å². The molecule has 0 bridgehead atoms. The molecule has 2 nitrogen and oxygen atoms in total. The average Bonchev–Trinajstić information content (AvgIpc) is 2.44. The van der Waals surface area contributed by atoms with Gasteiger partial charge in [0.25, 0.3) is 0 Å². The summed E-state index contributed by atoms with van der Waals surface area (Å²) in [5.74, 6) is 0.104. The van der Waals surface area contributed by atoms with Crippen LogP contribution in [0.15, 0.2) is 54.7 Å². The van der Waals surface area contributed by atoms with Crippen LogP contribution in [-0.2, 0) is 0 Å². The number of nitrogens with zero attached hydrogens (tertiary/aromatic N) is 1. The number of aromatic nitrogens is 1. The largest absolute Gasteiger partial charge is 0.320 e. The van der Waals surface area contributed by atoms with Crippen LogP contribution in [0.3, 0.4) is 0 Å². The van der Waals surface area contributed by atoms with E-state index in [-0.39, 0.29) is 5.92 Å². The van der Waals surface area contributed by atoms with E-state index in [4.69, 9.17) is 4.11 Å². The summed E-state index contributed by atoms with van der Waals surface area (Å²) in [6.07, 6.45) is 2.46. The Balaban J connectivity index is 2.13. The van der Waals surface area contributed by atoms with Crippen molar-refractivity contribution < 1.29 is 4.11 Å². The molecule has 1 heterocycles. The van der Waals surface area contributed by atoms with Gasteiger partial charge in [0.2, 0.25) is 0 Å². The van der Waals surface area contributed by atoms with Crippen molar-refractivity contribution in [1.82, 2.24) is 10.3 Å². The SMILES string of the molecule is [2H]C([2H])([2H])NCCC(c1ccccc1)c1ccccn1. The molecule has 0 spiro atoms. The van der Waals surface area contributed by atoms with Crippen LogP contribution in [0.5, 0.6) is 0 Å². The van der Waals surface area contributed by atoms with Gasteiger partial charge in [-0.05, 0) is 37.6 Å². The van der Waals surface area contributed by atoms with Gasteiger partial charge in [-0.3, -0.25) is 4.98 Å². The highest BCUT2D eigenvalue weighted by Crippen LogP contribution is 2.25. The number of rotatable bonds is 5. The third kappa shape index (κ3) is 3.14. The zero-order valence-electron chi connectivity index (χ0n) is 12.6. The molecule has 2 aromatic rings. The summed E-state index contributed by atoms with van der Waals surface area (Å²) < 4.78 is 21.6. The second-order valence-electron chi connectivity index (χ2n) is 3.93. The lowest BCUT2D eigenvalue weighted by Crippen LogP contribution is -2.13. The summed E-state index contributed by atoms with van der Waals surface area (Å²) in [6, 6.07) is 15.9. The van der Waals surface area contributed by atoms with Crippen LogP contribution in [-0.4, -0.2) is 18.5 Å². The van der Waals surface area contributed by atoms with E-state index >= 15 is 0 Å². The zero-order chi connectivity index (χ0) is 14.4. The summed E-state index contributed by atoms with van der Waals surface area (Å²) >= 11 is 0. The third-order valence-corrected chi connectivity index (χ3v) is 2.80. The fourth-order valence-electron chi connectivity index (χ4n) is 1.97. The number of benzene rings is 1. The van der Waals surface area contributed by atoms with Gasteiger partial charge in [0, 0.05) is 21.9 Å². The Labute approximate surface area is 107 Å². The highest BCUT2D eigenvalue weighted by molar-refractivity contribution is 5.28. The fourth-order valence-corrected chi connectivity index (χ4v) is 1.97. The van der Waals surface area contributed by atoms with E-state index in [2.05, 4.69) is 22.4 Å². The van der Waals surface area contributed by atoms with Crippen molar-refractivity contribution >= 4 is 0 Å². The predicted octanol–water partition coefficient (Wildman–Crippen LogP) is 2.82. The van der Waals surface area contributed by atoms with Crippen molar-refractivity contribution in [3.63, 3.8) is 0 Å². The van der Waals surface area contributed by atoms with E-state index in [0.29, 0.717) is 13.0 Å². The van der Waals surface area contributed by atoms with Crippen molar-refractivity contribution in [3.8, 4) is 0 Å². The van der Waals surface area contributed by atoms with Gasteiger partial charge in [-0.2, -0.15) is 0 Å². The van der Waals surface area contributed by atoms with E-state index in [9.17, 15) is 0 Å². The molecule has 88 valence electrons. The molecule has 1 N–H and O–H groups in total. The van der Waals surface area contributed by atoms with Gasteiger partial charge in [0.15, 0.2) is 0 Å². The van der Waals surface area contributed by atoms with Gasteiger partial charge < -0.3 is 5.32 Å². The summed E-state index contributed by atoms with van der Waals surface area (Å²) in [6.45, 7) is -1.67. The number of hydrogen-bond acceptors (Lipinski definition) is 2. The molecule has 1 aromatic carbocycles. The molecule has 2 rings (SSSR count). The molecule has 0 amide bonds. The van der Waals surface area contributed by atoms with Crippen molar-refractivity contribution in [1.29, 1.82) is 0 Å². The van der Waals surface area contributed by atoms with Crippen LogP contribution < -0.4 is 5.32 Å². The Bertz CT molecular complexity index is 472. The maximum atomic E-state index is 7.19. The van der Waals surface area contributed by atoms with Crippen LogP contribution in [0.2, 0.25) is 0 Å². The van der Waals surface area contributed by atoms with E-state index in [1.54, 1.807) is 6.20 Å². The molecule has 17 heavy (non-hydrogen) atoms. The van der Waals surface area contributed by atoms with Crippen LogP contribution in [0, 0.1) is 0 Å². The Morgan fingerprint density at radius 1 is 1.18 bits per heavy atom. The smallest absolute Gasteiger partial charge is 0.0478 e. The summed E-state index contributed by atoms with van der Waals surface area (Å²) in [5.41, 5.74) is 2.12. The summed E-state index contributed by atoms with van der Waals surface area (Å²) in [4.78, 5) is 4.40. The highest BCUT2D eigenvalue weighted by atomic mass is 14.8. The average molecular weight is 229 g/mol. The Kier molecular flexibility index (Phi) is 3.05. The molecule has 0 saturated heterocycles. The van der Waals surface area contributed by atoms with Crippen LogP contribution in [0.4, 0.5) is 0 Å². The normalized spacial score (nSPS) is 15.6. The van der Waals surface area contributed by atoms with Gasteiger partial charge in [-0.15, -0.1) is 0 Å². The predicted molar refractivity (Wildman–Crippen MR) is 71.1 cm³/mol. The topological polar surface area (TPSA) is 24.9 Å². The van der Waals surface area contributed by atoms with Gasteiger partial charge >= 0.3 is 0 Å². The summed E-state index contributed by atoms with van der Waals surface area (Å²) in [7, 11) is 0. The van der Waals surface area contributed by atoms with Gasteiger partial charge in [-0.1, -0.05) is 36.4 Å². The molecule has 0 saturated carbocycles. The second kappa shape index (κ2) is 6.16. The number of nitrogens with one attached hydrogen (secondary N) is 1. The fraction of sp³-hybridized carbons (Fsp3) is 0.267. The Morgan fingerprint density at radius 2 is 2.00 bits per heavy atom.